The number of carbonyl (C=O) groups is 1. The number of amides is 1. The van der Waals surface area contributed by atoms with Gasteiger partial charge < -0.3 is 4.90 Å². The lowest BCUT2D eigenvalue weighted by atomic mass is 10.3. The summed E-state index contributed by atoms with van der Waals surface area (Å²) in [5.41, 5.74) is 0.332. The lowest BCUT2D eigenvalue weighted by Crippen LogP contribution is -2.34. The van der Waals surface area contributed by atoms with E-state index in [1.165, 1.54) is 29.2 Å². The van der Waals surface area contributed by atoms with Crippen molar-refractivity contribution in [3.63, 3.8) is 0 Å². The summed E-state index contributed by atoms with van der Waals surface area (Å²) in [6.07, 6.45) is 0.827. The highest BCUT2D eigenvalue weighted by molar-refractivity contribution is 8.00. The van der Waals surface area contributed by atoms with E-state index < -0.39 is 0 Å². The number of anilines is 1. The van der Waals surface area contributed by atoms with Gasteiger partial charge in [-0.05, 0) is 51.3 Å². The standard InChI is InChI=1S/C20H22FN3OS2.ClH/c1-23(2)12-7-13-24(18(25)14-26-15-8-4-3-5-9-15)20-22-19-16(21)10-6-11-17(19)27-20;/h3-6,8-11H,7,12-14H2,1-2H3;1H. The molecule has 8 heteroatoms. The van der Waals surface area contributed by atoms with Crippen LogP contribution < -0.4 is 4.90 Å². The number of hydrogen-bond donors (Lipinski definition) is 0. The molecule has 0 aliphatic heterocycles. The van der Waals surface area contributed by atoms with E-state index in [1.54, 1.807) is 11.0 Å². The predicted molar refractivity (Wildman–Crippen MR) is 120 cm³/mol. The van der Waals surface area contributed by atoms with Crippen molar-refractivity contribution < 1.29 is 9.18 Å². The molecule has 4 nitrogen and oxygen atoms in total. The van der Waals surface area contributed by atoms with Crippen molar-refractivity contribution >= 4 is 56.8 Å². The third kappa shape index (κ3) is 5.91. The largest absolute Gasteiger partial charge is 0.309 e. The van der Waals surface area contributed by atoms with Crippen LogP contribution in [0.4, 0.5) is 9.52 Å². The zero-order chi connectivity index (χ0) is 19.2. The molecule has 0 saturated heterocycles. The average Bonchev–Trinajstić information content (AvgIpc) is 3.09. The van der Waals surface area contributed by atoms with Crippen LogP contribution in [0.2, 0.25) is 0 Å². The molecular weight excluding hydrogens is 417 g/mol. The summed E-state index contributed by atoms with van der Waals surface area (Å²) in [6.45, 7) is 1.43. The molecule has 0 unspecified atom stereocenters. The average molecular weight is 440 g/mol. The highest BCUT2D eigenvalue weighted by atomic mass is 35.5. The van der Waals surface area contributed by atoms with Gasteiger partial charge in [-0.3, -0.25) is 9.69 Å². The Balaban J connectivity index is 0.00000280. The molecule has 28 heavy (non-hydrogen) atoms. The summed E-state index contributed by atoms with van der Waals surface area (Å²) in [6, 6.07) is 14.7. The van der Waals surface area contributed by atoms with E-state index in [2.05, 4.69) is 9.88 Å². The monoisotopic (exact) mass is 439 g/mol. The summed E-state index contributed by atoms with van der Waals surface area (Å²) < 4.78 is 14.8. The second-order valence-electron chi connectivity index (χ2n) is 6.39. The molecule has 2 aromatic carbocycles. The molecule has 0 spiro atoms. The quantitative estimate of drug-likeness (QED) is 0.466. The summed E-state index contributed by atoms with van der Waals surface area (Å²) in [5, 5.41) is 0.563. The van der Waals surface area contributed by atoms with Gasteiger partial charge in [-0.25, -0.2) is 9.37 Å². The minimum Gasteiger partial charge on any atom is -0.309 e. The van der Waals surface area contributed by atoms with Crippen molar-refractivity contribution in [3.8, 4) is 0 Å². The Kier molecular flexibility index (Phi) is 8.69. The maximum absolute atomic E-state index is 14.0. The van der Waals surface area contributed by atoms with Crippen molar-refractivity contribution in [2.45, 2.75) is 11.3 Å². The number of halogens is 2. The lowest BCUT2D eigenvalue weighted by Gasteiger charge is -2.21. The van der Waals surface area contributed by atoms with Crippen molar-refractivity contribution in [1.29, 1.82) is 0 Å². The lowest BCUT2D eigenvalue weighted by molar-refractivity contribution is -0.116. The number of hydrogen-bond acceptors (Lipinski definition) is 5. The van der Waals surface area contributed by atoms with Gasteiger partial charge in [0.2, 0.25) is 5.91 Å². The van der Waals surface area contributed by atoms with E-state index in [-0.39, 0.29) is 24.1 Å². The minimum absolute atomic E-state index is 0. The van der Waals surface area contributed by atoms with E-state index in [0.717, 1.165) is 22.6 Å². The number of para-hydroxylation sites is 1. The summed E-state index contributed by atoms with van der Waals surface area (Å²) in [7, 11) is 4.01. The number of benzene rings is 2. The van der Waals surface area contributed by atoms with Crippen LogP contribution in [0.25, 0.3) is 10.2 Å². The number of carbonyl (C=O) groups excluding carboxylic acids is 1. The van der Waals surface area contributed by atoms with Gasteiger partial charge in [-0.1, -0.05) is 35.6 Å². The van der Waals surface area contributed by atoms with E-state index >= 15 is 0 Å². The summed E-state index contributed by atoms with van der Waals surface area (Å²) >= 11 is 2.86. The van der Waals surface area contributed by atoms with Crippen LogP contribution in [0.3, 0.4) is 0 Å². The number of rotatable bonds is 8. The first-order valence-corrected chi connectivity index (χ1v) is 10.5. The Morgan fingerprint density at radius 1 is 1.11 bits per heavy atom. The highest BCUT2D eigenvalue weighted by Gasteiger charge is 2.20. The number of nitrogens with zero attached hydrogens (tertiary/aromatic N) is 3. The Morgan fingerprint density at radius 3 is 2.54 bits per heavy atom. The molecule has 0 atom stereocenters. The summed E-state index contributed by atoms with van der Waals surface area (Å²) in [5.74, 6) is -0.0406. The molecule has 1 heterocycles. The molecule has 0 aliphatic carbocycles. The van der Waals surface area contributed by atoms with Crippen molar-refractivity contribution in [1.82, 2.24) is 9.88 Å². The minimum atomic E-state index is -0.352. The Labute approximate surface area is 179 Å². The van der Waals surface area contributed by atoms with Crippen LogP contribution in [0.15, 0.2) is 53.4 Å². The van der Waals surface area contributed by atoms with E-state index in [4.69, 9.17) is 0 Å². The second-order valence-corrected chi connectivity index (χ2v) is 8.44. The van der Waals surface area contributed by atoms with Gasteiger partial charge in [0.05, 0.1) is 10.5 Å². The van der Waals surface area contributed by atoms with Gasteiger partial charge in [-0.15, -0.1) is 24.2 Å². The molecule has 0 saturated carbocycles. The second kappa shape index (κ2) is 10.8. The maximum atomic E-state index is 14.0. The molecule has 150 valence electrons. The first kappa shape index (κ1) is 22.6. The molecule has 3 rings (SSSR count). The predicted octanol–water partition coefficient (Wildman–Crippen LogP) is 4.93. The van der Waals surface area contributed by atoms with Crippen LogP contribution in [-0.2, 0) is 4.79 Å². The van der Waals surface area contributed by atoms with E-state index in [0.29, 0.717) is 22.9 Å². The fourth-order valence-corrected chi connectivity index (χ4v) is 4.45. The van der Waals surface area contributed by atoms with Crippen molar-refractivity contribution in [3.05, 3.63) is 54.3 Å². The molecule has 1 amide bonds. The third-order valence-corrected chi connectivity index (χ3v) is 6.02. The van der Waals surface area contributed by atoms with Gasteiger partial charge in [0.25, 0.3) is 0 Å². The number of aromatic nitrogens is 1. The van der Waals surface area contributed by atoms with Gasteiger partial charge in [-0.2, -0.15) is 0 Å². The fraction of sp³-hybridized carbons (Fsp3) is 0.300. The normalized spacial score (nSPS) is 10.9. The Morgan fingerprint density at radius 2 is 1.86 bits per heavy atom. The molecule has 1 aromatic heterocycles. The number of thiazole rings is 1. The molecule has 0 aliphatic rings. The maximum Gasteiger partial charge on any atom is 0.239 e. The molecule has 0 bridgehead atoms. The van der Waals surface area contributed by atoms with Crippen LogP contribution in [-0.4, -0.2) is 48.7 Å². The highest BCUT2D eigenvalue weighted by Crippen LogP contribution is 2.31. The molecule has 0 fully saturated rings. The van der Waals surface area contributed by atoms with Gasteiger partial charge in [0.15, 0.2) is 5.13 Å². The van der Waals surface area contributed by atoms with Crippen LogP contribution in [0.1, 0.15) is 6.42 Å². The van der Waals surface area contributed by atoms with Gasteiger partial charge >= 0.3 is 0 Å². The SMILES string of the molecule is CN(C)CCCN(C(=O)CSc1ccccc1)c1nc2c(F)cccc2s1.Cl. The molecule has 0 N–H and O–H groups in total. The zero-order valence-electron chi connectivity index (χ0n) is 15.8. The molecule has 0 radical (unpaired) electrons. The zero-order valence-corrected chi connectivity index (χ0v) is 18.2. The smallest absolute Gasteiger partial charge is 0.239 e. The molecular formula is C20H23ClFN3OS2. The van der Waals surface area contributed by atoms with Crippen LogP contribution >= 0.6 is 35.5 Å². The van der Waals surface area contributed by atoms with Crippen LogP contribution in [0.5, 0.6) is 0 Å². The van der Waals surface area contributed by atoms with Crippen molar-refractivity contribution in [2.24, 2.45) is 0 Å². The van der Waals surface area contributed by atoms with Crippen LogP contribution in [0, 0.1) is 5.82 Å². The van der Waals surface area contributed by atoms with Gasteiger partial charge in [0, 0.05) is 11.4 Å². The van der Waals surface area contributed by atoms with Gasteiger partial charge in [0.1, 0.15) is 11.3 Å². The fourth-order valence-electron chi connectivity index (χ4n) is 2.63. The third-order valence-electron chi connectivity index (χ3n) is 3.98. The summed E-state index contributed by atoms with van der Waals surface area (Å²) in [4.78, 5) is 22.2. The Hall–Kier alpha value is -1.67. The molecule has 3 aromatic rings. The van der Waals surface area contributed by atoms with Crippen molar-refractivity contribution in [2.75, 3.05) is 37.8 Å². The number of fused-ring (bicyclic) bond motifs is 1. The first-order chi connectivity index (χ1) is 13.0. The van der Waals surface area contributed by atoms with E-state index in [1.807, 2.05) is 50.5 Å². The first-order valence-electron chi connectivity index (χ1n) is 8.72. The Bertz CT molecular complexity index is 905. The van der Waals surface area contributed by atoms with E-state index in [9.17, 15) is 9.18 Å². The number of thioether (sulfide) groups is 1. The topological polar surface area (TPSA) is 36.4 Å².